The minimum atomic E-state index is 0.712. The van der Waals surface area contributed by atoms with Gasteiger partial charge in [-0.1, -0.05) is 18.2 Å². The molecule has 0 atom stereocenters. The highest BCUT2D eigenvalue weighted by Crippen LogP contribution is 2.28. The van der Waals surface area contributed by atoms with E-state index in [4.69, 9.17) is 0 Å². The van der Waals surface area contributed by atoms with E-state index in [2.05, 4.69) is 35.1 Å². The number of fused-ring (bicyclic) bond motifs is 2. The zero-order valence-electron chi connectivity index (χ0n) is 12.3. The molecule has 0 radical (unpaired) electrons. The van der Waals surface area contributed by atoms with E-state index in [1.807, 2.05) is 30.5 Å². The average Bonchev–Trinajstić information content (AvgIpc) is 3.09. The Balaban J connectivity index is 1.85. The van der Waals surface area contributed by atoms with Gasteiger partial charge in [-0.3, -0.25) is 4.79 Å². The van der Waals surface area contributed by atoms with E-state index in [0.29, 0.717) is 5.56 Å². The van der Waals surface area contributed by atoms with E-state index in [0.717, 1.165) is 23.6 Å². The van der Waals surface area contributed by atoms with Crippen molar-refractivity contribution >= 4 is 28.1 Å². The molecule has 0 bridgehead atoms. The molecule has 4 rings (SSSR count). The maximum Gasteiger partial charge on any atom is 0.150 e. The van der Waals surface area contributed by atoms with Gasteiger partial charge in [-0.05, 0) is 42.3 Å². The Morgan fingerprint density at radius 3 is 2.77 bits per heavy atom. The van der Waals surface area contributed by atoms with Crippen molar-refractivity contribution in [1.82, 2.24) is 9.97 Å². The topological polar surface area (TPSA) is 48.6 Å². The van der Waals surface area contributed by atoms with Crippen LogP contribution < -0.4 is 0 Å². The summed E-state index contributed by atoms with van der Waals surface area (Å²) in [6, 6.07) is 14.1. The smallest absolute Gasteiger partial charge is 0.150 e. The van der Waals surface area contributed by atoms with Crippen LogP contribution in [0.25, 0.3) is 21.8 Å². The van der Waals surface area contributed by atoms with Crippen molar-refractivity contribution in [3.05, 3.63) is 71.0 Å². The highest BCUT2D eigenvalue weighted by atomic mass is 16.1. The molecule has 0 aliphatic rings. The molecule has 108 valence electrons. The number of hydrogen-bond donors (Lipinski definition) is 2. The van der Waals surface area contributed by atoms with E-state index >= 15 is 0 Å². The maximum atomic E-state index is 11.0. The quantitative estimate of drug-likeness (QED) is 0.541. The van der Waals surface area contributed by atoms with Crippen molar-refractivity contribution in [3.8, 4) is 0 Å². The van der Waals surface area contributed by atoms with Crippen molar-refractivity contribution in [1.29, 1.82) is 0 Å². The first-order valence-corrected chi connectivity index (χ1v) is 7.37. The second kappa shape index (κ2) is 4.88. The summed E-state index contributed by atoms with van der Waals surface area (Å²) in [5, 5.41) is 2.38. The number of hydrogen-bond acceptors (Lipinski definition) is 1. The average molecular weight is 288 g/mol. The summed E-state index contributed by atoms with van der Waals surface area (Å²) in [5.74, 6) is 0. The van der Waals surface area contributed by atoms with E-state index in [1.165, 1.54) is 27.7 Å². The number of H-pyrrole nitrogens is 2. The summed E-state index contributed by atoms with van der Waals surface area (Å²) in [6.45, 7) is 2.11. The molecule has 0 amide bonds. The highest BCUT2D eigenvalue weighted by molar-refractivity contribution is 5.91. The van der Waals surface area contributed by atoms with Gasteiger partial charge in [-0.15, -0.1) is 0 Å². The van der Waals surface area contributed by atoms with Crippen LogP contribution in [0.4, 0.5) is 0 Å². The van der Waals surface area contributed by atoms with Crippen LogP contribution in [0.5, 0.6) is 0 Å². The molecule has 2 heterocycles. The van der Waals surface area contributed by atoms with E-state index in [1.54, 1.807) is 0 Å². The summed E-state index contributed by atoms with van der Waals surface area (Å²) in [6.07, 6.45) is 3.78. The third-order valence-corrected chi connectivity index (χ3v) is 4.32. The molecule has 0 aliphatic heterocycles. The predicted octanol–water partition coefficient (Wildman–Crippen LogP) is 4.36. The number of aromatic nitrogens is 2. The molecular weight excluding hydrogens is 272 g/mol. The Labute approximate surface area is 128 Å². The molecule has 3 heteroatoms. The number of rotatable bonds is 3. The lowest BCUT2D eigenvalue weighted by molar-refractivity contribution is 0.112. The van der Waals surface area contributed by atoms with E-state index in [-0.39, 0.29) is 0 Å². The maximum absolute atomic E-state index is 11.0. The predicted molar refractivity (Wildman–Crippen MR) is 89.5 cm³/mol. The lowest BCUT2D eigenvalue weighted by Gasteiger charge is -2.02. The normalized spacial score (nSPS) is 11.3. The van der Waals surface area contributed by atoms with Gasteiger partial charge in [0, 0.05) is 45.7 Å². The number of nitrogens with one attached hydrogen (secondary N) is 2. The Morgan fingerprint density at radius 2 is 1.91 bits per heavy atom. The van der Waals surface area contributed by atoms with Crippen LogP contribution in [0.2, 0.25) is 0 Å². The first kappa shape index (κ1) is 12.9. The Morgan fingerprint density at radius 1 is 1.05 bits per heavy atom. The molecule has 0 saturated heterocycles. The second-order valence-corrected chi connectivity index (χ2v) is 5.69. The van der Waals surface area contributed by atoms with Crippen LogP contribution in [-0.4, -0.2) is 16.3 Å². The fraction of sp³-hybridized carbons (Fsp3) is 0.105. The summed E-state index contributed by atoms with van der Waals surface area (Å²) in [4.78, 5) is 17.8. The van der Waals surface area contributed by atoms with Crippen LogP contribution in [-0.2, 0) is 6.42 Å². The number of aryl methyl sites for hydroxylation is 1. The van der Waals surface area contributed by atoms with Gasteiger partial charge in [0.25, 0.3) is 0 Å². The minimum absolute atomic E-state index is 0.712. The molecular formula is C19H16N2O. The second-order valence-electron chi connectivity index (χ2n) is 5.69. The van der Waals surface area contributed by atoms with E-state index in [9.17, 15) is 4.79 Å². The van der Waals surface area contributed by atoms with Crippen LogP contribution in [0.1, 0.15) is 27.2 Å². The molecule has 2 N–H and O–H groups in total. The summed E-state index contributed by atoms with van der Waals surface area (Å²) in [7, 11) is 0. The molecule has 2 aromatic carbocycles. The van der Waals surface area contributed by atoms with Crippen LogP contribution in [0.3, 0.4) is 0 Å². The van der Waals surface area contributed by atoms with Crippen LogP contribution in [0, 0.1) is 6.92 Å². The SMILES string of the molecule is Cc1[nH]c2ccccc2c1Cc1c[nH]c2ccc(C=O)cc12. The molecule has 0 aliphatic carbocycles. The number of carbonyl (C=O) groups is 1. The number of para-hydroxylation sites is 1. The fourth-order valence-electron chi connectivity index (χ4n) is 3.17. The lowest BCUT2D eigenvalue weighted by atomic mass is 10.0. The standard InChI is InChI=1S/C19H16N2O/c1-12-16(15-4-2-3-5-19(15)21-12)9-14-10-20-18-7-6-13(11-22)8-17(14)18/h2-8,10-11,20-21H,9H2,1H3. The highest BCUT2D eigenvalue weighted by Gasteiger charge is 2.11. The first-order chi connectivity index (χ1) is 10.8. The Kier molecular flexibility index (Phi) is 2.86. The number of aromatic amines is 2. The van der Waals surface area contributed by atoms with Gasteiger partial charge in [-0.2, -0.15) is 0 Å². The third kappa shape index (κ3) is 1.94. The first-order valence-electron chi connectivity index (χ1n) is 7.37. The summed E-state index contributed by atoms with van der Waals surface area (Å²) >= 11 is 0. The minimum Gasteiger partial charge on any atom is -0.361 e. The Hall–Kier alpha value is -2.81. The van der Waals surface area contributed by atoms with Gasteiger partial charge in [-0.25, -0.2) is 0 Å². The zero-order valence-corrected chi connectivity index (χ0v) is 12.3. The third-order valence-electron chi connectivity index (χ3n) is 4.32. The van der Waals surface area contributed by atoms with Crippen molar-refractivity contribution in [2.45, 2.75) is 13.3 Å². The monoisotopic (exact) mass is 288 g/mol. The van der Waals surface area contributed by atoms with Crippen molar-refractivity contribution < 1.29 is 4.79 Å². The summed E-state index contributed by atoms with van der Waals surface area (Å²) < 4.78 is 0. The molecule has 0 spiro atoms. The van der Waals surface area contributed by atoms with Gasteiger partial charge in [0.15, 0.2) is 0 Å². The summed E-state index contributed by atoms with van der Waals surface area (Å²) in [5.41, 5.74) is 6.67. The molecule has 0 fully saturated rings. The largest absolute Gasteiger partial charge is 0.361 e. The zero-order chi connectivity index (χ0) is 15.1. The number of benzene rings is 2. The van der Waals surface area contributed by atoms with E-state index < -0.39 is 0 Å². The van der Waals surface area contributed by atoms with Crippen molar-refractivity contribution in [2.24, 2.45) is 0 Å². The molecule has 2 aromatic heterocycles. The van der Waals surface area contributed by atoms with Crippen molar-refractivity contribution in [2.75, 3.05) is 0 Å². The van der Waals surface area contributed by atoms with Gasteiger partial charge in [0.2, 0.25) is 0 Å². The molecule has 0 unspecified atom stereocenters. The van der Waals surface area contributed by atoms with Gasteiger partial charge < -0.3 is 9.97 Å². The van der Waals surface area contributed by atoms with Gasteiger partial charge in [0.1, 0.15) is 6.29 Å². The van der Waals surface area contributed by atoms with Crippen LogP contribution in [0.15, 0.2) is 48.7 Å². The van der Waals surface area contributed by atoms with Crippen LogP contribution >= 0.6 is 0 Å². The van der Waals surface area contributed by atoms with Gasteiger partial charge >= 0.3 is 0 Å². The molecule has 0 saturated carbocycles. The molecule has 4 aromatic rings. The van der Waals surface area contributed by atoms with Crippen molar-refractivity contribution in [3.63, 3.8) is 0 Å². The lowest BCUT2D eigenvalue weighted by Crippen LogP contribution is -1.89. The number of carbonyl (C=O) groups excluding carboxylic acids is 1. The Bertz CT molecular complexity index is 991. The molecule has 3 nitrogen and oxygen atoms in total. The number of aldehydes is 1. The fourth-order valence-corrected chi connectivity index (χ4v) is 3.17. The van der Waals surface area contributed by atoms with Gasteiger partial charge in [0.05, 0.1) is 0 Å². The molecule has 22 heavy (non-hydrogen) atoms.